The van der Waals surface area contributed by atoms with E-state index in [-0.39, 0.29) is 34.4 Å². The average Bonchev–Trinajstić information content (AvgIpc) is 2.58. The lowest BCUT2D eigenvalue weighted by Gasteiger charge is -2.26. The maximum absolute atomic E-state index is 13.1. The van der Waals surface area contributed by atoms with Crippen LogP contribution in [-0.4, -0.2) is 24.7 Å². The molecular formula is C15H17FO3S. The van der Waals surface area contributed by atoms with Crippen LogP contribution in [0.1, 0.15) is 31.2 Å². The standard InChI is InChI=1S/C15H17FO3S/c16-12-3-1-2-10(6-12)7-15(17)11-8-13-4-5-14(9-11)20(13,18)19/h1-3,6,11,13-14H,4-5,7-9H2. The first kappa shape index (κ1) is 13.7. The molecule has 1 aromatic rings. The highest BCUT2D eigenvalue weighted by Gasteiger charge is 2.48. The Balaban J connectivity index is 1.71. The van der Waals surface area contributed by atoms with Crippen molar-refractivity contribution in [1.29, 1.82) is 0 Å². The molecule has 0 saturated carbocycles. The first-order valence-electron chi connectivity index (χ1n) is 6.96. The SMILES string of the molecule is O=C(Cc1cccc(F)c1)C1CC2CCC(C1)S2(=O)=O. The molecule has 2 saturated heterocycles. The van der Waals surface area contributed by atoms with Crippen LogP contribution in [-0.2, 0) is 21.1 Å². The molecule has 0 radical (unpaired) electrons. The van der Waals surface area contributed by atoms with Gasteiger partial charge in [-0.15, -0.1) is 0 Å². The minimum atomic E-state index is -2.99. The Morgan fingerprint density at radius 3 is 2.45 bits per heavy atom. The molecule has 2 unspecified atom stereocenters. The van der Waals surface area contributed by atoms with Gasteiger partial charge in [-0.1, -0.05) is 12.1 Å². The van der Waals surface area contributed by atoms with E-state index in [0.717, 1.165) is 0 Å². The summed E-state index contributed by atoms with van der Waals surface area (Å²) in [7, 11) is -2.99. The Labute approximate surface area is 118 Å². The van der Waals surface area contributed by atoms with Gasteiger partial charge in [0, 0.05) is 12.3 Å². The number of Topliss-reactive ketones (excluding diaryl/α,β-unsaturated/α-hetero) is 1. The Hall–Kier alpha value is -1.23. The lowest BCUT2D eigenvalue weighted by atomic mass is 9.91. The summed E-state index contributed by atoms with van der Waals surface area (Å²) < 4.78 is 37.1. The van der Waals surface area contributed by atoms with Gasteiger partial charge in [-0.25, -0.2) is 12.8 Å². The van der Waals surface area contributed by atoms with Crippen LogP contribution >= 0.6 is 0 Å². The molecule has 2 bridgehead atoms. The van der Waals surface area contributed by atoms with Crippen molar-refractivity contribution in [1.82, 2.24) is 0 Å². The first-order valence-corrected chi connectivity index (χ1v) is 8.57. The molecule has 2 aliphatic rings. The van der Waals surface area contributed by atoms with E-state index < -0.39 is 9.84 Å². The third kappa shape index (κ3) is 2.39. The van der Waals surface area contributed by atoms with Crippen molar-refractivity contribution in [2.75, 3.05) is 0 Å². The van der Waals surface area contributed by atoms with Crippen LogP contribution in [0.5, 0.6) is 0 Å². The van der Waals surface area contributed by atoms with E-state index in [1.807, 2.05) is 0 Å². The lowest BCUT2D eigenvalue weighted by Crippen LogP contribution is -2.36. The third-order valence-electron chi connectivity index (χ3n) is 4.56. The van der Waals surface area contributed by atoms with Crippen molar-refractivity contribution in [3.63, 3.8) is 0 Å². The largest absolute Gasteiger partial charge is 0.299 e. The van der Waals surface area contributed by atoms with E-state index in [2.05, 4.69) is 0 Å². The van der Waals surface area contributed by atoms with E-state index in [1.165, 1.54) is 12.1 Å². The van der Waals surface area contributed by atoms with E-state index >= 15 is 0 Å². The number of halogens is 1. The van der Waals surface area contributed by atoms with Crippen molar-refractivity contribution < 1.29 is 17.6 Å². The van der Waals surface area contributed by atoms with Crippen molar-refractivity contribution in [2.24, 2.45) is 5.92 Å². The predicted octanol–water partition coefficient (Wildman–Crippen LogP) is 2.29. The molecule has 108 valence electrons. The Morgan fingerprint density at radius 1 is 1.20 bits per heavy atom. The fourth-order valence-electron chi connectivity index (χ4n) is 3.46. The maximum Gasteiger partial charge on any atom is 0.156 e. The van der Waals surface area contributed by atoms with Crippen LogP contribution in [0, 0.1) is 11.7 Å². The third-order valence-corrected chi connectivity index (χ3v) is 7.27. The highest BCUT2D eigenvalue weighted by Crippen LogP contribution is 2.41. The number of carbonyl (C=O) groups is 1. The van der Waals surface area contributed by atoms with E-state index in [4.69, 9.17) is 0 Å². The average molecular weight is 296 g/mol. The van der Waals surface area contributed by atoms with Gasteiger partial charge in [-0.2, -0.15) is 0 Å². The number of sulfone groups is 1. The molecule has 2 heterocycles. The molecule has 2 aliphatic heterocycles. The molecular weight excluding hydrogens is 279 g/mol. The highest BCUT2D eigenvalue weighted by atomic mass is 32.2. The number of benzene rings is 1. The summed E-state index contributed by atoms with van der Waals surface area (Å²) in [6, 6.07) is 6.04. The predicted molar refractivity (Wildman–Crippen MR) is 73.6 cm³/mol. The number of carbonyl (C=O) groups excluding carboxylic acids is 1. The molecule has 2 fully saturated rings. The van der Waals surface area contributed by atoms with Gasteiger partial charge in [-0.3, -0.25) is 4.79 Å². The Kier molecular flexibility index (Phi) is 3.40. The number of rotatable bonds is 3. The molecule has 0 aromatic heterocycles. The van der Waals surface area contributed by atoms with Gasteiger partial charge in [-0.05, 0) is 43.4 Å². The summed E-state index contributed by atoms with van der Waals surface area (Å²) in [4.78, 5) is 12.3. The van der Waals surface area contributed by atoms with E-state index in [9.17, 15) is 17.6 Å². The molecule has 2 atom stereocenters. The quantitative estimate of drug-likeness (QED) is 0.860. The fraction of sp³-hybridized carbons (Fsp3) is 0.533. The van der Waals surface area contributed by atoms with Crippen molar-refractivity contribution >= 4 is 15.6 Å². The summed E-state index contributed by atoms with van der Waals surface area (Å²) in [5.74, 6) is -0.483. The smallest absolute Gasteiger partial charge is 0.156 e. The van der Waals surface area contributed by atoms with Gasteiger partial charge in [0.15, 0.2) is 9.84 Å². The first-order chi connectivity index (χ1) is 9.46. The number of hydrogen-bond acceptors (Lipinski definition) is 3. The van der Waals surface area contributed by atoms with Crippen molar-refractivity contribution in [3.05, 3.63) is 35.6 Å². The van der Waals surface area contributed by atoms with Crippen LogP contribution in [0.15, 0.2) is 24.3 Å². The summed E-state index contributed by atoms with van der Waals surface area (Å²) in [6.45, 7) is 0. The van der Waals surface area contributed by atoms with Gasteiger partial charge in [0.2, 0.25) is 0 Å². The van der Waals surface area contributed by atoms with Crippen molar-refractivity contribution in [2.45, 2.75) is 42.6 Å². The molecule has 5 heteroatoms. The van der Waals surface area contributed by atoms with Crippen LogP contribution in [0.4, 0.5) is 4.39 Å². The molecule has 3 nitrogen and oxygen atoms in total. The summed E-state index contributed by atoms with van der Waals surface area (Å²) >= 11 is 0. The molecule has 0 amide bonds. The second kappa shape index (κ2) is 4.95. The second-order valence-corrected chi connectivity index (χ2v) is 8.36. The van der Waals surface area contributed by atoms with Gasteiger partial charge < -0.3 is 0 Å². The van der Waals surface area contributed by atoms with Gasteiger partial charge >= 0.3 is 0 Å². The number of ketones is 1. The van der Waals surface area contributed by atoms with Crippen LogP contribution in [0.25, 0.3) is 0 Å². The van der Waals surface area contributed by atoms with E-state index in [1.54, 1.807) is 12.1 Å². The molecule has 0 spiro atoms. The topological polar surface area (TPSA) is 51.2 Å². The van der Waals surface area contributed by atoms with Gasteiger partial charge in [0.05, 0.1) is 10.5 Å². The Bertz CT molecular complexity index is 618. The zero-order valence-corrected chi connectivity index (χ0v) is 11.9. The summed E-state index contributed by atoms with van der Waals surface area (Å²) in [5.41, 5.74) is 0.663. The van der Waals surface area contributed by atoms with Crippen molar-refractivity contribution in [3.8, 4) is 0 Å². The number of fused-ring (bicyclic) bond motifs is 2. The highest BCUT2D eigenvalue weighted by molar-refractivity contribution is 7.93. The normalized spacial score (nSPS) is 31.1. The molecule has 20 heavy (non-hydrogen) atoms. The molecule has 1 aromatic carbocycles. The Morgan fingerprint density at radius 2 is 1.85 bits per heavy atom. The second-order valence-electron chi connectivity index (χ2n) is 5.85. The van der Waals surface area contributed by atoms with Gasteiger partial charge in [0.25, 0.3) is 0 Å². The van der Waals surface area contributed by atoms with Crippen LogP contribution in [0.3, 0.4) is 0 Å². The minimum Gasteiger partial charge on any atom is -0.299 e. The van der Waals surface area contributed by atoms with Crippen LogP contribution < -0.4 is 0 Å². The zero-order chi connectivity index (χ0) is 14.3. The summed E-state index contributed by atoms with van der Waals surface area (Å²) in [6.07, 6.45) is 2.48. The monoisotopic (exact) mass is 296 g/mol. The number of hydrogen-bond donors (Lipinski definition) is 0. The van der Waals surface area contributed by atoms with E-state index in [0.29, 0.717) is 31.2 Å². The fourth-order valence-corrected chi connectivity index (χ4v) is 5.94. The van der Waals surface area contributed by atoms with Crippen LogP contribution in [0.2, 0.25) is 0 Å². The molecule has 0 N–H and O–H groups in total. The summed E-state index contributed by atoms with van der Waals surface area (Å²) in [5, 5.41) is -0.662. The zero-order valence-electron chi connectivity index (χ0n) is 11.1. The molecule has 0 aliphatic carbocycles. The lowest BCUT2D eigenvalue weighted by molar-refractivity contribution is -0.122. The maximum atomic E-state index is 13.1. The van der Waals surface area contributed by atoms with Gasteiger partial charge in [0.1, 0.15) is 11.6 Å². The minimum absolute atomic E-state index is 0.0439. The molecule has 3 rings (SSSR count).